The van der Waals surface area contributed by atoms with Crippen molar-refractivity contribution in [1.29, 1.82) is 0 Å². The summed E-state index contributed by atoms with van der Waals surface area (Å²) in [4.78, 5) is 10.4. The zero-order valence-corrected chi connectivity index (χ0v) is 6.68. The van der Waals surface area contributed by atoms with Gasteiger partial charge >= 0.3 is 6.09 Å². The van der Waals surface area contributed by atoms with Crippen molar-refractivity contribution in [2.45, 2.75) is 6.92 Å². The van der Waals surface area contributed by atoms with Gasteiger partial charge in [0.05, 0.1) is 6.61 Å². The summed E-state index contributed by atoms with van der Waals surface area (Å²) in [6, 6.07) is 0. The Morgan fingerprint density at radius 2 is 2.40 bits per heavy atom. The molecule has 0 aliphatic rings. The molecule has 0 saturated carbocycles. The Labute approximate surface area is 65.4 Å². The highest BCUT2D eigenvalue weighted by Gasteiger charge is 2.16. The van der Waals surface area contributed by atoms with E-state index in [1.165, 1.54) is 0 Å². The molecule has 0 rings (SSSR count). The summed E-state index contributed by atoms with van der Waals surface area (Å²) >= 11 is 2.44. The number of hydrogen-bond acceptors (Lipinski definition) is 3. The smallest absolute Gasteiger partial charge is 0.438 e. The van der Waals surface area contributed by atoms with E-state index in [1.54, 1.807) is 6.92 Å². The van der Waals surface area contributed by atoms with Gasteiger partial charge in [-0.2, -0.15) is 0 Å². The molecule has 0 aliphatic carbocycles. The highest BCUT2D eigenvalue weighted by molar-refractivity contribution is 7.78. The third-order valence-corrected chi connectivity index (χ3v) is 1.46. The Morgan fingerprint density at radius 1 is 1.90 bits per heavy atom. The van der Waals surface area contributed by atoms with Crippen LogP contribution in [-0.2, 0) is 16.0 Å². The number of rotatable bonds is 2. The molecule has 7 heteroatoms. The average molecular weight is 188 g/mol. The molecule has 0 aliphatic heterocycles. The molecule has 0 aromatic heterocycles. The molecular weight excluding hydrogens is 182 g/mol. The van der Waals surface area contributed by atoms with Crippen LogP contribution in [0.15, 0.2) is 0 Å². The monoisotopic (exact) mass is 187 g/mol. The molecule has 5 nitrogen and oxygen atoms in total. The van der Waals surface area contributed by atoms with Crippen LogP contribution in [0.1, 0.15) is 6.92 Å². The van der Waals surface area contributed by atoms with Crippen molar-refractivity contribution < 1.29 is 18.3 Å². The molecular formula is C3H6ClNO4S. The Kier molecular flexibility index (Phi) is 4.33. The summed E-state index contributed by atoms with van der Waals surface area (Å²) in [5.41, 5.74) is 0. The summed E-state index contributed by atoms with van der Waals surface area (Å²) in [5.74, 6) is 0. The van der Waals surface area contributed by atoms with Crippen LogP contribution in [0.3, 0.4) is 0 Å². The van der Waals surface area contributed by atoms with E-state index in [0.29, 0.717) is 0 Å². The van der Waals surface area contributed by atoms with Gasteiger partial charge in [-0.25, -0.2) is 9.00 Å². The summed E-state index contributed by atoms with van der Waals surface area (Å²) in [5, 5.41) is 0. The van der Waals surface area contributed by atoms with Gasteiger partial charge in [-0.15, -0.1) is 3.82 Å². The SMILES string of the molecule is CCOC(=O)N(Cl)S(=O)O. The summed E-state index contributed by atoms with van der Waals surface area (Å²) in [7, 11) is 0. The average Bonchev–Trinajstić information content (AvgIpc) is 1.87. The van der Waals surface area contributed by atoms with Crippen LogP contribution in [-0.4, -0.2) is 25.3 Å². The number of hydrogen-bond donors (Lipinski definition) is 1. The maximum Gasteiger partial charge on any atom is 0.438 e. The Bertz CT molecular complexity index is 151. The fourth-order valence-corrected chi connectivity index (χ4v) is 0.467. The molecule has 0 aromatic rings. The van der Waals surface area contributed by atoms with Gasteiger partial charge in [0.15, 0.2) is 0 Å². The van der Waals surface area contributed by atoms with Gasteiger partial charge in [-0.3, -0.25) is 4.55 Å². The van der Waals surface area contributed by atoms with Gasteiger partial charge in [0.1, 0.15) is 0 Å². The minimum absolute atomic E-state index is 0.0590. The van der Waals surface area contributed by atoms with E-state index in [4.69, 9.17) is 16.3 Å². The van der Waals surface area contributed by atoms with Gasteiger partial charge in [-0.05, 0) is 6.92 Å². The highest BCUT2D eigenvalue weighted by atomic mass is 35.5. The Hall–Kier alpha value is -0.330. The van der Waals surface area contributed by atoms with Crippen LogP contribution >= 0.6 is 11.8 Å². The van der Waals surface area contributed by atoms with Crippen LogP contribution < -0.4 is 0 Å². The fourth-order valence-electron chi connectivity index (χ4n) is 0.238. The van der Waals surface area contributed by atoms with Gasteiger partial charge in [0.2, 0.25) is 0 Å². The van der Waals surface area contributed by atoms with Crippen molar-refractivity contribution in [2.24, 2.45) is 0 Å². The Balaban J connectivity index is 3.82. The van der Waals surface area contributed by atoms with Gasteiger partial charge < -0.3 is 4.74 Å². The standard InChI is InChI=1S/C3H6ClNO4S/c1-2-9-3(6)5(4)10(7)8/h2H2,1H3,(H,7,8). The van der Waals surface area contributed by atoms with Crippen LogP contribution in [0, 0.1) is 0 Å². The lowest BCUT2D eigenvalue weighted by Gasteiger charge is -2.06. The predicted molar refractivity (Wildman–Crippen MR) is 35.5 cm³/mol. The zero-order chi connectivity index (χ0) is 8.15. The molecule has 0 saturated heterocycles. The molecule has 0 aromatic carbocycles. The number of nitrogens with zero attached hydrogens (tertiary/aromatic N) is 1. The number of halogens is 1. The molecule has 0 bridgehead atoms. The molecule has 0 spiro atoms. The molecule has 10 heavy (non-hydrogen) atoms. The highest BCUT2D eigenvalue weighted by Crippen LogP contribution is 2.00. The first-order valence-electron chi connectivity index (χ1n) is 2.33. The van der Waals surface area contributed by atoms with E-state index in [0.717, 1.165) is 0 Å². The maximum atomic E-state index is 10.4. The Morgan fingerprint density at radius 3 is 2.70 bits per heavy atom. The molecule has 1 N–H and O–H groups in total. The number of carbonyl (C=O) groups is 1. The number of ether oxygens (including phenoxy) is 1. The van der Waals surface area contributed by atoms with E-state index in [2.05, 4.69) is 4.74 Å². The molecule has 1 amide bonds. The maximum absolute atomic E-state index is 10.4. The molecule has 0 heterocycles. The van der Waals surface area contributed by atoms with Crippen molar-refractivity contribution >= 4 is 29.1 Å². The predicted octanol–water partition coefficient (Wildman–Crippen LogP) is 0.735. The number of carbonyl (C=O) groups excluding carboxylic acids is 1. The van der Waals surface area contributed by atoms with E-state index >= 15 is 0 Å². The first-order valence-corrected chi connectivity index (χ1v) is 3.73. The van der Waals surface area contributed by atoms with Gasteiger partial charge in [0.25, 0.3) is 11.3 Å². The minimum Gasteiger partial charge on any atom is -0.448 e. The molecule has 1 unspecified atom stereocenters. The number of amides is 1. The second-order valence-corrected chi connectivity index (χ2v) is 2.54. The van der Waals surface area contributed by atoms with Crippen molar-refractivity contribution in [3.05, 3.63) is 0 Å². The lowest BCUT2D eigenvalue weighted by atomic mass is 10.9. The first kappa shape index (κ1) is 9.67. The summed E-state index contributed by atoms with van der Waals surface area (Å²) in [6.45, 7) is 1.67. The molecule has 1 atom stereocenters. The van der Waals surface area contributed by atoms with Crippen molar-refractivity contribution in [2.75, 3.05) is 6.61 Å². The lowest BCUT2D eigenvalue weighted by molar-refractivity contribution is 0.145. The molecule has 0 radical (unpaired) electrons. The summed E-state index contributed by atoms with van der Waals surface area (Å²) in [6.07, 6.45) is -1.04. The first-order chi connectivity index (χ1) is 4.59. The third kappa shape index (κ3) is 3.00. The van der Waals surface area contributed by atoms with Crippen molar-refractivity contribution in [1.82, 2.24) is 3.82 Å². The topological polar surface area (TPSA) is 66.8 Å². The van der Waals surface area contributed by atoms with Crippen LogP contribution in [0.25, 0.3) is 0 Å². The fraction of sp³-hybridized carbons (Fsp3) is 0.667. The van der Waals surface area contributed by atoms with E-state index in [-0.39, 0.29) is 10.4 Å². The van der Waals surface area contributed by atoms with Crippen molar-refractivity contribution in [3.8, 4) is 0 Å². The van der Waals surface area contributed by atoms with Crippen LogP contribution in [0.5, 0.6) is 0 Å². The van der Waals surface area contributed by atoms with E-state index in [1.807, 2.05) is 0 Å². The second-order valence-electron chi connectivity index (χ2n) is 1.17. The zero-order valence-electron chi connectivity index (χ0n) is 5.11. The largest absolute Gasteiger partial charge is 0.448 e. The normalized spacial score (nSPS) is 12.3. The quantitative estimate of drug-likeness (QED) is 0.511. The summed E-state index contributed by atoms with van der Waals surface area (Å²) < 4.78 is 22.5. The molecule has 0 fully saturated rings. The van der Waals surface area contributed by atoms with Gasteiger partial charge in [-0.1, -0.05) is 0 Å². The van der Waals surface area contributed by atoms with Crippen molar-refractivity contribution in [3.63, 3.8) is 0 Å². The van der Waals surface area contributed by atoms with E-state index < -0.39 is 17.4 Å². The molecule has 60 valence electrons. The third-order valence-electron chi connectivity index (χ3n) is 0.548. The van der Waals surface area contributed by atoms with Gasteiger partial charge in [0, 0.05) is 11.8 Å². The second kappa shape index (κ2) is 4.48. The van der Waals surface area contributed by atoms with E-state index in [9.17, 15) is 9.00 Å². The van der Waals surface area contributed by atoms with Crippen LogP contribution in [0.2, 0.25) is 0 Å². The van der Waals surface area contributed by atoms with Crippen LogP contribution in [0.4, 0.5) is 4.79 Å². The lowest BCUT2D eigenvalue weighted by Crippen LogP contribution is -2.23. The minimum atomic E-state index is -2.52.